The van der Waals surface area contributed by atoms with Gasteiger partial charge in [0.15, 0.2) is 0 Å². The third-order valence-electron chi connectivity index (χ3n) is 8.45. The Bertz CT molecular complexity index is 1140. The predicted molar refractivity (Wildman–Crippen MR) is 136 cm³/mol. The summed E-state index contributed by atoms with van der Waals surface area (Å²) in [7, 11) is 0. The molecule has 1 spiro atoms. The first-order chi connectivity index (χ1) is 18.0. The van der Waals surface area contributed by atoms with E-state index in [9.17, 15) is 9.59 Å². The molecule has 2 saturated heterocycles. The number of aromatic nitrogens is 1. The lowest BCUT2D eigenvalue weighted by atomic mass is 9.62. The van der Waals surface area contributed by atoms with E-state index in [1.54, 1.807) is 4.90 Å². The van der Waals surface area contributed by atoms with Crippen LogP contribution in [0.4, 0.5) is 4.79 Å². The highest BCUT2D eigenvalue weighted by molar-refractivity contribution is 5.70. The number of hydrogen-bond acceptors (Lipinski definition) is 7. The lowest BCUT2D eigenvalue weighted by molar-refractivity contribution is -0.144. The van der Waals surface area contributed by atoms with Crippen molar-refractivity contribution in [2.45, 2.75) is 70.2 Å². The Kier molecular flexibility index (Phi) is 6.53. The van der Waals surface area contributed by atoms with E-state index in [2.05, 4.69) is 9.88 Å². The first kappa shape index (κ1) is 24.2. The van der Waals surface area contributed by atoms with E-state index < -0.39 is 0 Å². The number of rotatable bonds is 7. The Labute approximate surface area is 217 Å². The van der Waals surface area contributed by atoms with Gasteiger partial charge in [-0.25, -0.2) is 4.79 Å². The summed E-state index contributed by atoms with van der Waals surface area (Å²) in [6.07, 6.45) is 6.99. The number of pyridine rings is 1. The molecule has 0 bridgehead atoms. The van der Waals surface area contributed by atoms with Gasteiger partial charge in [0.05, 0.1) is 18.7 Å². The van der Waals surface area contributed by atoms with Crippen molar-refractivity contribution >= 4 is 12.1 Å². The summed E-state index contributed by atoms with van der Waals surface area (Å²) in [5.41, 5.74) is 3.49. The maximum Gasteiger partial charge on any atom is 0.410 e. The lowest BCUT2D eigenvalue weighted by Gasteiger charge is -2.57. The average Bonchev–Trinajstić information content (AvgIpc) is 3.26. The van der Waals surface area contributed by atoms with Gasteiger partial charge in [-0.05, 0) is 44.2 Å². The van der Waals surface area contributed by atoms with Crippen molar-refractivity contribution in [2.24, 2.45) is 5.41 Å². The highest BCUT2D eigenvalue weighted by Gasteiger charge is 2.55. The molecular weight excluding hydrogens is 470 g/mol. The molecule has 3 aliphatic heterocycles. The standard InChI is InChI=1S/C29H35N3O5/c1-2-35-26(33)14-21-8-9-24-27-23(11-13-32(21)24)30-12-10-25(27)37-22-15-29(16-22)18-31(19-29)28(34)36-17-20-6-4-3-5-7-20/h3-7,10,12,21-22,24H,2,8-9,11,13-19H2,1H3/t21?,24-/m1/s1. The highest BCUT2D eigenvalue weighted by atomic mass is 16.6. The van der Waals surface area contributed by atoms with Crippen molar-refractivity contribution in [1.82, 2.24) is 14.8 Å². The highest BCUT2D eigenvalue weighted by Crippen LogP contribution is 2.51. The molecule has 1 aliphatic carbocycles. The maximum atomic E-state index is 12.4. The molecule has 0 radical (unpaired) electrons. The van der Waals surface area contributed by atoms with Crippen molar-refractivity contribution in [1.29, 1.82) is 0 Å². The normalized spacial score (nSPS) is 24.0. The van der Waals surface area contributed by atoms with Crippen LogP contribution in [0.25, 0.3) is 0 Å². The largest absolute Gasteiger partial charge is 0.490 e. The third kappa shape index (κ3) is 4.79. The van der Waals surface area contributed by atoms with Crippen LogP contribution >= 0.6 is 0 Å². The van der Waals surface area contributed by atoms with Crippen molar-refractivity contribution in [3.05, 3.63) is 59.4 Å². The molecule has 4 heterocycles. The number of nitrogens with zero attached hydrogens (tertiary/aromatic N) is 3. The Hall–Kier alpha value is -3.13. The Morgan fingerprint density at radius 3 is 2.68 bits per heavy atom. The van der Waals surface area contributed by atoms with Gasteiger partial charge in [-0.15, -0.1) is 0 Å². The number of likely N-dealkylation sites (tertiary alicyclic amines) is 1. The van der Waals surface area contributed by atoms with Gasteiger partial charge in [-0.2, -0.15) is 0 Å². The summed E-state index contributed by atoms with van der Waals surface area (Å²) in [4.78, 5) is 33.5. The summed E-state index contributed by atoms with van der Waals surface area (Å²) >= 11 is 0. The third-order valence-corrected chi connectivity index (χ3v) is 8.45. The van der Waals surface area contributed by atoms with Gasteiger partial charge < -0.3 is 19.1 Å². The van der Waals surface area contributed by atoms with Gasteiger partial charge in [0, 0.05) is 55.3 Å². The summed E-state index contributed by atoms with van der Waals surface area (Å²) < 4.78 is 17.2. The van der Waals surface area contributed by atoms with E-state index in [1.165, 1.54) is 5.56 Å². The molecule has 1 amide bonds. The van der Waals surface area contributed by atoms with E-state index in [4.69, 9.17) is 14.2 Å². The minimum absolute atomic E-state index is 0.111. The molecular formula is C29H35N3O5. The molecule has 6 rings (SSSR count). The zero-order valence-electron chi connectivity index (χ0n) is 21.4. The topological polar surface area (TPSA) is 81.2 Å². The number of amides is 1. The van der Waals surface area contributed by atoms with Crippen LogP contribution in [0.5, 0.6) is 5.75 Å². The summed E-state index contributed by atoms with van der Waals surface area (Å²) in [6.45, 7) is 4.98. The number of benzene rings is 1. The number of fused-ring (bicyclic) bond motifs is 3. The fraction of sp³-hybridized carbons (Fsp3) is 0.552. The molecule has 196 valence electrons. The van der Waals surface area contributed by atoms with E-state index in [-0.39, 0.29) is 35.7 Å². The summed E-state index contributed by atoms with van der Waals surface area (Å²) in [5.74, 6) is 0.828. The van der Waals surface area contributed by atoms with Crippen LogP contribution in [-0.2, 0) is 27.3 Å². The van der Waals surface area contributed by atoms with E-state index in [1.807, 2.05) is 49.5 Å². The minimum atomic E-state index is -0.235. The fourth-order valence-corrected chi connectivity index (χ4v) is 6.74. The van der Waals surface area contributed by atoms with Gasteiger partial charge in [0.1, 0.15) is 18.5 Å². The quantitative estimate of drug-likeness (QED) is 0.520. The molecule has 2 aromatic rings. The van der Waals surface area contributed by atoms with E-state index in [0.717, 1.165) is 68.7 Å². The molecule has 0 N–H and O–H groups in total. The van der Waals surface area contributed by atoms with E-state index in [0.29, 0.717) is 19.6 Å². The molecule has 2 atom stereocenters. The second kappa shape index (κ2) is 9.97. The van der Waals surface area contributed by atoms with Crippen LogP contribution in [0.15, 0.2) is 42.6 Å². The van der Waals surface area contributed by atoms with Crippen LogP contribution in [0.1, 0.15) is 61.9 Å². The molecule has 8 nitrogen and oxygen atoms in total. The fourth-order valence-electron chi connectivity index (χ4n) is 6.74. The second-order valence-corrected chi connectivity index (χ2v) is 11.0. The second-order valence-electron chi connectivity index (χ2n) is 11.0. The number of carbonyl (C=O) groups is 2. The first-order valence-corrected chi connectivity index (χ1v) is 13.5. The molecule has 1 aromatic heterocycles. The lowest BCUT2D eigenvalue weighted by Crippen LogP contribution is -2.65. The van der Waals surface area contributed by atoms with Crippen molar-refractivity contribution < 1.29 is 23.8 Å². The molecule has 1 saturated carbocycles. The van der Waals surface area contributed by atoms with Gasteiger partial charge in [0.25, 0.3) is 0 Å². The van der Waals surface area contributed by atoms with Gasteiger partial charge in [-0.1, -0.05) is 30.3 Å². The molecule has 37 heavy (non-hydrogen) atoms. The van der Waals surface area contributed by atoms with Crippen LogP contribution in [0.2, 0.25) is 0 Å². The minimum Gasteiger partial charge on any atom is -0.490 e. The number of esters is 1. The van der Waals surface area contributed by atoms with Crippen molar-refractivity contribution in [3.8, 4) is 5.75 Å². The van der Waals surface area contributed by atoms with Crippen molar-refractivity contribution in [2.75, 3.05) is 26.2 Å². The Balaban J connectivity index is 1.02. The van der Waals surface area contributed by atoms with Crippen LogP contribution in [0, 0.1) is 5.41 Å². The van der Waals surface area contributed by atoms with Gasteiger partial charge >= 0.3 is 12.1 Å². The molecule has 8 heteroatoms. The SMILES string of the molecule is CCOC(=O)CC1CC[C@@H]2c3c(OC4CC5(C4)CN(C(=O)OCc4ccccc4)C5)ccnc3CCN12. The monoisotopic (exact) mass is 505 g/mol. The van der Waals surface area contributed by atoms with Crippen LogP contribution in [-0.4, -0.2) is 65.2 Å². The van der Waals surface area contributed by atoms with Gasteiger partial charge in [-0.3, -0.25) is 14.7 Å². The Morgan fingerprint density at radius 1 is 1.08 bits per heavy atom. The molecule has 3 fully saturated rings. The van der Waals surface area contributed by atoms with E-state index >= 15 is 0 Å². The zero-order chi connectivity index (χ0) is 25.4. The molecule has 1 unspecified atom stereocenters. The van der Waals surface area contributed by atoms with Crippen molar-refractivity contribution in [3.63, 3.8) is 0 Å². The Morgan fingerprint density at radius 2 is 1.89 bits per heavy atom. The molecule has 4 aliphatic rings. The number of ether oxygens (including phenoxy) is 3. The van der Waals surface area contributed by atoms with Gasteiger partial charge in [0.2, 0.25) is 0 Å². The van der Waals surface area contributed by atoms with Crippen LogP contribution < -0.4 is 4.74 Å². The summed E-state index contributed by atoms with van der Waals surface area (Å²) in [6, 6.07) is 12.2. The predicted octanol–water partition coefficient (Wildman–Crippen LogP) is 4.28. The summed E-state index contributed by atoms with van der Waals surface area (Å²) in [5, 5.41) is 0. The number of carbonyl (C=O) groups excluding carboxylic acids is 2. The maximum absolute atomic E-state index is 12.4. The molecule has 1 aromatic carbocycles. The van der Waals surface area contributed by atoms with Crippen LogP contribution in [0.3, 0.4) is 0 Å². The average molecular weight is 506 g/mol. The smallest absolute Gasteiger partial charge is 0.410 e. The zero-order valence-corrected chi connectivity index (χ0v) is 21.4. The first-order valence-electron chi connectivity index (χ1n) is 13.5. The number of hydrogen-bond donors (Lipinski definition) is 0.